The molecule has 3 rings (SSSR count). The van der Waals surface area contributed by atoms with Crippen molar-refractivity contribution >= 4 is 17.5 Å². The van der Waals surface area contributed by atoms with Crippen LogP contribution in [0.4, 0.5) is 13.2 Å². The molecule has 162 valence electrons. The summed E-state index contributed by atoms with van der Waals surface area (Å²) < 4.78 is 44.4. The van der Waals surface area contributed by atoms with E-state index in [4.69, 9.17) is 16.3 Å². The first-order valence-corrected chi connectivity index (χ1v) is 9.51. The number of amides is 1. The molecule has 1 heterocycles. The molecule has 10 heteroatoms. The second-order valence-electron chi connectivity index (χ2n) is 6.45. The lowest BCUT2D eigenvalue weighted by Crippen LogP contribution is -2.35. The summed E-state index contributed by atoms with van der Waals surface area (Å²) in [5.41, 5.74) is -0.0434. The van der Waals surface area contributed by atoms with Gasteiger partial charge in [0.1, 0.15) is 18.9 Å². The van der Waals surface area contributed by atoms with Gasteiger partial charge < -0.3 is 10.1 Å². The molecule has 0 atom stereocenters. The minimum atomic E-state index is -4.46. The van der Waals surface area contributed by atoms with E-state index in [2.05, 4.69) is 10.4 Å². The molecule has 31 heavy (non-hydrogen) atoms. The van der Waals surface area contributed by atoms with Crippen LogP contribution in [-0.2, 0) is 17.5 Å². The highest BCUT2D eigenvalue weighted by molar-refractivity contribution is 6.30. The Hall–Kier alpha value is -3.33. The highest BCUT2D eigenvalue weighted by Gasteiger charge is 2.30. The molecule has 0 bridgehead atoms. The smallest absolute Gasteiger partial charge is 0.416 e. The molecule has 0 saturated carbocycles. The molecule has 1 amide bonds. The van der Waals surface area contributed by atoms with Crippen molar-refractivity contribution in [3.8, 4) is 17.0 Å². The molecule has 1 N–H and O–H groups in total. The molecule has 6 nitrogen and oxygen atoms in total. The number of carbonyl (C=O) groups is 1. The third-order valence-electron chi connectivity index (χ3n) is 4.15. The quantitative estimate of drug-likeness (QED) is 0.555. The van der Waals surface area contributed by atoms with Crippen LogP contribution in [0.2, 0.25) is 5.02 Å². The molecule has 0 spiro atoms. The summed E-state index contributed by atoms with van der Waals surface area (Å²) in [5, 5.41) is 7.28. The fourth-order valence-electron chi connectivity index (χ4n) is 2.65. The van der Waals surface area contributed by atoms with Gasteiger partial charge in [-0.15, -0.1) is 0 Å². The molecule has 3 aromatic rings. The van der Waals surface area contributed by atoms with Crippen LogP contribution in [0.1, 0.15) is 5.56 Å². The standard InChI is InChI=1S/C21H17ClF3N3O3/c22-16-6-4-14(5-7-16)18-8-9-20(30)28(27-18)13-19(29)26-10-11-31-17-3-1-2-15(12-17)21(23,24)25/h1-9,12H,10-11,13H2,(H,26,29). The van der Waals surface area contributed by atoms with E-state index in [0.29, 0.717) is 10.7 Å². The minimum Gasteiger partial charge on any atom is -0.492 e. The predicted molar refractivity (Wildman–Crippen MR) is 109 cm³/mol. The molecular formula is C21H17ClF3N3O3. The summed E-state index contributed by atoms with van der Waals surface area (Å²) in [6.07, 6.45) is -4.46. The summed E-state index contributed by atoms with van der Waals surface area (Å²) in [4.78, 5) is 24.1. The van der Waals surface area contributed by atoms with Crippen LogP contribution in [0.5, 0.6) is 5.75 Å². The van der Waals surface area contributed by atoms with Crippen molar-refractivity contribution < 1.29 is 22.7 Å². The van der Waals surface area contributed by atoms with Gasteiger partial charge in [-0.1, -0.05) is 29.8 Å². The number of alkyl halides is 3. The Morgan fingerprint density at radius 3 is 2.55 bits per heavy atom. The number of nitrogens with one attached hydrogen (secondary N) is 1. The molecule has 0 aliphatic heterocycles. The second-order valence-corrected chi connectivity index (χ2v) is 6.88. The molecule has 0 fully saturated rings. The lowest BCUT2D eigenvalue weighted by molar-refractivity contribution is -0.137. The number of aromatic nitrogens is 2. The Bertz CT molecular complexity index is 1120. The zero-order valence-electron chi connectivity index (χ0n) is 16.0. The third kappa shape index (κ3) is 6.32. The summed E-state index contributed by atoms with van der Waals surface area (Å²) in [7, 11) is 0. The lowest BCUT2D eigenvalue weighted by atomic mass is 10.1. The zero-order valence-corrected chi connectivity index (χ0v) is 16.8. The maximum atomic E-state index is 12.7. The van der Waals surface area contributed by atoms with Crippen LogP contribution >= 0.6 is 11.6 Å². The van der Waals surface area contributed by atoms with Crippen LogP contribution in [0.25, 0.3) is 11.3 Å². The Morgan fingerprint density at radius 1 is 1.10 bits per heavy atom. The Morgan fingerprint density at radius 2 is 1.84 bits per heavy atom. The number of hydrogen-bond acceptors (Lipinski definition) is 4. The number of halogens is 4. The van der Waals surface area contributed by atoms with Gasteiger partial charge >= 0.3 is 6.18 Å². The van der Waals surface area contributed by atoms with Crippen LogP contribution in [0.15, 0.2) is 65.5 Å². The van der Waals surface area contributed by atoms with Gasteiger partial charge in [0.15, 0.2) is 0 Å². The number of benzene rings is 2. The van der Waals surface area contributed by atoms with Gasteiger partial charge in [0, 0.05) is 16.7 Å². The highest BCUT2D eigenvalue weighted by Crippen LogP contribution is 2.31. The SMILES string of the molecule is O=C(Cn1nc(-c2ccc(Cl)cc2)ccc1=O)NCCOc1cccc(C(F)(F)F)c1. The fraction of sp³-hybridized carbons (Fsp3) is 0.190. The zero-order chi connectivity index (χ0) is 22.4. The maximum absolute atomic E-state index is 12.7. The third-order valence-corrected chi connectivity index (χ3v) is 4.41. The van der Waals surface area contributed by atoms with Gasteiger partial charge in [0.25, 0.3) is 5.56 Å². The summed E-state index contributed by atoms with van der Waals surface area (Å²) in [6.45, 7) is -0.315. The van der Waals surface area contributed by atoms with Crippen molar-refractivity contribution in [1.29, 1.82) is 0 Å². The van der Waals surface area contributed by atoms with E-state index in [1.165, 1.54) is 18.2 Å². The van der Waals surface area contributed by atoms with Gasteiger partial charge in [0.2, 0.25) is 5.91 Å². The molecule has 0 aliphatic rings. The van der Waals surface area contributed by atoms with E-state index in [0.717, 1.165) is 22.4 Å². The Kier molecular flexibility index (Phi) is 6.96. The van der Waals surface area contributed by atoms with E-state index in [9.17, 15) is 22.8 Å². The largest absolute Gasteiger partial charge is 0.492 e. The van der Waals surface area contributed by atoms with Crippen molar-refractivity contribution in [1.82, 2.24) is 15.1 Å². The van der Waals surface area contributed by atoms with Gasteiger partial charge in [-0.3, -0.25) is 9.59 Å². The van der Waals surface area contributed by atoms with E-state index in [1.807, 2.05) is 0 Å². The average Bonchev–Trinajstić information content (AvgIpc) is 2.73. The molecular weight excluding hydrogens is 435 g/mol. The fourth-order valence-corrected chi connectivity index (χ4v) is 2.78. The molecule has 0 aliphatic carbocycles. The van der Waals surface area contributed by atoms with Crippen molar-refractivity contribution in [2.45, 2.75) is 12.7 Å². The number of nitrogens with zero attached hydrogens (tertiary/aromatic N) is 2. The van der Waals surface area contributed by atoms with Crippen LogP contribution in [-0.4, -0.2) is 28.8 Å². The first-order chi connectivity index (χ1) is 14.7. The van der Waals surface area contributed by atoms with Crippen LogP contribution in [0, 0.1) is 0 Å². The number of hydrogen-bond donors (Lipinski definition) is 1. The van der Waals surface area contributed by atoms with Crippen molar-refractivity contribution in [2.24, 2.45) is 0 Å². The van der Waals surface area contributed by atoms with Crippen molar-refractivity contribution in [3.05, 3.63) is 81.6 Å². The maximum Gasteiger partial charge on any atom is 0.416 e. The average molecular weight is 452 g/mol. The van der Waals surface area contributed by atoms with E-state index in [1.54, 1.807) is 30.3 Å². The number of rotatable bonds is 7. The van der Waals surface area contributed by atoms with Gasteiger partial charge in [-0.05, 0) is 36.4 Å². The molecule has 2 aromatic carbocycles. The molecule has 1 aromatic heterocycles. The van der Waals surface area contributed by atoms with Crippen LogP contribution in [0.3, 0.4) is 0 Å². The molecule has 0 saturated heterocycles. The number of ether oxygens (including phenoxy) is 1. The monoisotopic (exact) mass is 451 g/mol. The van der Waals surface area contributed by atoms with E-state index < -0.39 is 23.2 Å². The molecule has 0 unspecified atom stereocenters. The van der Waals surface area contributed by atoms with Gasteiger partial charge in [-0.25, -0.2) is 4.68 Å². The second kappa shape index (κ2) is 9.65. The van der Waals surface area contributed by atoms with Gasteiger partial charge in [0.05, 0.1) is 17.8 Å². The van der Waals surface area contributed by atoms with Crippen molar-refractivity contribution in [2.75, 3.05) is 13.2 Å². The van der Waals surface area contributed by atoms with E-state index >= 15 is 0 Å². The Balaban J connectivity index is 1.54. The topological polar surface area (TPSA) is 73.2 Å². The van der Waals surface area contributed by atoms with Crippen LogP contribution < -0.4 is 15.6 Å². The predicted octanol–water partition coefficient (Wildman–Crippen LogP) is 3.78. The first kappa shape index (κ1) is 22.4. The normalized spacial score (nSPS) is 11.2. The summed E-state index contributed by atoms with van der Waals surface area (Å²) in [6, 6.07) is 14.2. The molecule has 0 radical (unpaired) electrons. The van der Waals surface area contributed by atoms with E-state index in [-0.39, 0.29) is 25.4 Å². The highest BCUT2D eigenvalue weighted by atomic mass is 35.5. The van der Waals surface area contributed by atoms with Gasteiger partial charge in [-0.2, -0.15) is 18.3 Å². The minimum absolute atomic E-state index is 0.0395. The number of carbonyl (C=O) groups excluding carboxylic acids is 1. The van der Waals surface area contributed by atoms with Crippen molar-refractivity contribution in [3.63, 3.8) is 0 Å². The summed E-state index contributed by atoms with van der Waals surface area (Å²) >= 11 is 5.86. The summed E-state index contributed by atoms with van der Waals surface area (Å²) in [5.74, 6) is -0.451. The lowest BCUT2D eigenvalue weighted by Gasteiger charge is -2.11. The first-order valence-electron chi connectivity index (χ1n) is 9.13. The Labute approximate surface area is 180 Å².